The second-order valence-electron chi connectivity index (χ2n) is 6.55. The Morgan fingerprint density at radius 2 is 1.90 bits per heavy atom. The van der Waals surface area contributed by atoms with Gasteiger partial charge in [-0.2, -0.15) is 0 Å². The minimum absolute atomic E-state index is 0.160. The van der Waals surface area contributed by atoms with Crippen LogP contribution >= 0.6 is 11.6 Å². The first-order valence-corrected chi connectivity index (χ1v) is 9.34. The Morgan fingerprint density at radius 1 is 1.10 bits per heavy atom. The first-order chi connectivity index (χ1) is 14.0. The summed E-state index contributed by atoms with van der Waals surface area (Å²) < 4.78 is 7.01. The Hall–Kier alpha value is -3.57. The van der Waals surface area contributed by atoms with E-state index in [4.69, 9.17) is 16.0 Å². The van der Waals surface area contributed by atoms with E-state index >= 15 is 0 Å². The van der Waals surface area contributed by atoms with E-state index < -0.39 is 0 Å². The Labute approximate surface area is 171 Å². The highest BCUT2D eigenvalue weighted by Gasteiger charge is 2.11. The molecule has 0 unspecified atom stereocenters. The normalized spacial score (nSPS) is 11.2. The lowest BCUT2D eigenvalue weighted by Crippen LogP contribution is -2.14. The summed E-state index contributed by atoms with van der Waals surface area (Å²) in [4.78, 5) is 27.7. The molecule has 2 aromatic carbocycles. The van der Waals surface area contributed by atoms with Crippen molar-refractivity contribution in [2.75, 3.05) is 0 Å². The van der Waals surface area contributed by atoms with Crippen LogP contribution in [0.25, 0.3) is 23.2 Å². The first-order valence-electron chi connectivity index (χ1n) is 8.96. The van der Waals surface area contributed by atoms with Crippen LogP contribution in [0.5, 0.6) is 0 Å². The maximum absolute atomic E-state index is 12.6. The highest BCUT2D eigenvalue weighted by molar-refractivity contribution is 6.30. The molecule has 0 saturated carbocycles. The smallest absolute Gasteiger partial charge is 0.330 e. The lowest BCUT2D eigenvalue weighted by molar-refractivity contribution is 0.104. The maximum atomic E-state index is 12.6. The van der Waals surface area contributed by atoms with Crippen molar-refractivity contribution >= 4 is 23.5 Å². The molecule has 0 bridgehead atoms. The number of aromatic nitrogens is 2. The summed E-state index contributed by atoms with van der Waals surface area (Å²) in [6.45, 7) is 1.84. The number of furan rings is 1. The van der Waals surface area contributed by atoms with Crippen molar-refractivity contribution < 1.29 is 9.21 Å². The quantitative estimate of drug-likeness (QED) is 0.363. The Balaban J connectivity index is 1.60. The summed E-state index contributed by atoms with van der Waals surface area (Å²) in [7, 11) is 0. The van der Waals surface area contributed by atoms with Gasteiger partial charge in [0.25, 0.3) is 0 Å². The number of hydrogen-bond donors (Lipinski definition) is 1. The molecule has 4 rings (SSSR count). The van der Waals surface area contributed by atoms with Gasteiger partial charge in [0.2, 0.25) is 0 Å². The molecule has 0 saturated heterocycles. The predicted octanol–water partition coefficient (Wildman–Crippen LogP) is 5.28. The van der Waals surface area contributed by atoms with Gasteiger partial charge in [-0.05, 0) is 55.0 Å². The van der Waals surface area contributed by atoms with E-state index in [1.54, 1.807) is 54.7 Å². The zero-order valence-electron chi connectivity index (χ0n) is 15.6. The summed E-state index contributed by atoms with van der Waals surface area (Å²) in [5.41, 5.74) is 2.21. The van der Waals surface area contributed by atoms with Gasteiger partial charge in [0.05, 0.1) is 5.69 Å². The van der Waals surface area contributed by atoms with Gasteiger partial charge in [-0.25, -0.2) is 4.79 Å². The number of nitrogens with zero attached hydrogens (tertiary/aromatic N) is 1. The molecule has 2 aromatic heterocycles. The first kappa shape index (κ1) is 18.8. The zero-order chi connectivity index (χ0) is 20.4. The van der Waals surface area contributed by atoms with E-state index in [0.717, 1.165) is 11.3 Å². The number of aryl methyl sites for hydroxylation is 1. The number of hydrogen-bond acceptors (Lipinski definition) is 3. The van der Waals surface area contributed by atoms with Gasteiger partial charge in [-0.15, -0.1) is 0 Å². The second kappa shape index (κ2) is 7.81. The molecule has 0 aliphatic carbocycles. The van der Waals surface area contributed by atoms with Gasteiger partial charge in [-0.1, -0.05) is 41.9 Å². The third kappa shape index (κ3) is 4.15. The van der Waals surface area contributed by atoms with Crippen LogP contribution in [-0.4, -0.2) is 15.3 Å². The van der Waals surface area contributed by atoms with Gasteiger partial charge in [-0.3, -0.25) is 9.36 Å². The Kier molecular flexibility index (Phi) is 5.06. The van der Waals surface area contributed by atoms with Crippen molar-refractivity contribution in [3.8, 4) is 17.1 Å². The van der Waals surface area contributed by atoms with Crippen molar-refractivity contribution in [3.05, 3.63) is 105 Å². The molecule has 29 heavy (non-hydrogen) atoms. The van der Waals surface area contributed by atoms with Gasteiger partial charge < -0.3 is 9.40 Å². The molecule has 0 aliphatic rings. The van der Waals surface area contributed by atoms with Crippen molar-refractivity contribution in [1.29, 1.82) is 0 Å². The molecule has 0 fully saturated rings. The number of allylic oxidation sites excluding steroid dienone is 1. The molecule has 5 nitrogen and oxygen atoms in total. The van der Waals surface area contributed by atoms with Gasteiger partial charge in [0, 0.05) is 16.8 Å². The van der Waals surface area contributed by atoms with E-state index in [9.17, 15) is 9.59 Å². The topological polar surface area (TPSA) is 68.0 Å². The number of halogens is 1. The molecular formula is C23H17ClN2O3. The largest absolute Gasteiger partial charge is 0.460 e. The molecule has 0 spiro atoms. The summed E-state index contributed by atoms with van der Waals surface area (Å²) in [5, 5.41) is 0.641. The van der Waals surface area contributed by atoms with Crippen molar-refractivity contribution in [2.24, 2.45) is 0 Å². The number of benzene rings is 2. The number of nitrogens with one attached hydrogen (secondary N) is 1. The fourth-order valence-electron chi connectivity index (χ4n) is 2.94. The number of aromatic amines is 1. The molecule has 0 radical (unpaired) electrons. The summed E-state index contributed by atoms with van der Waals surface area (Å²) in [5.74, 6) is 1.18. The number of ketones is 1. The molecule has 144 valence electrons. The highest BCUT2D eigenvalue weighted by Crippen LogP contribution is 2.20. The van der Waals surface area contributed by atoms with Crippen LogP contribution in [0.3, 0.4) is 0 Å². The second-order valence-corrected chi connectivity index (χ2v) is 6.99. The van der Waals surface area contributed by atoms with E-state index in [1.807, 2.05) is 25.1 Å². The molecule has 6 heteroatoms. The summed E-state index contributed by atoms with van der Waals surface area (Å²) >= 11 is 5.87. The lowest BCUT2D eigenvalue weighted by atomic mass is 10.1. The van der Waals surface area contributed by atoms with Crippen LogP contribution in [-0.2, 0) is 0 Å². The van der Waals surface area contributed by atoms with E-state index in [2.05, 4.69) is 4.98 Å². The monoisotopic (exact) mass is 404 g/mol. The average Bonchev–Trinajstić information content (AvgIpc) is 3.33. The highest BCUT2D eigenvalue weighted by atomic mass is 35.5. The van der Waals surface area contributed by atoms with Crippen LogP contribution in [0.1, 0.15) is 21.7 Å². The van der Waals surface area contributed by atoms with E-state index in [0.29, 0.717) is 27.7 Å². The third-order valence-corrected chi connectivity index (χ3v) is 4.68. The number of imidazole rings is 1. The predicted molar refractivity (Wildman–Crippen MR) is 114 cm³/mol. The van der Waals surface area contributed by atoms with Crippen molar-refractivity contribution in [3.63, 3.8) is 0 Å². The number of H-pyrrole nitrogens is 1. The van der Waals surface area contributed by atoms with E-state index in [1.165, 1.54) is 10.6 Å². The summed E-state index contributed by atoms with van der Waals surface area (Å²) in [6.07, 6.45) is 4.89. The Morgan fingerprint density at radius 3 is 2.62 bits per heavy atom. The molecule has 4 aromatic rings. The van der Waals surface area contributed by atoms with Crippen LogP contribution in [0.4, 0.5) is 0 Å². The lowest BCUT2D eigenvalue weighted by Gasteiger charge is -2.03. The molecule has 2 heterocycles. The molecule has 1 N–H and O–H groups in total. The van der Waals surface area contributed by atoms with Crippen LogP contribution in [0, 0.1) is 6.92 Å². The van der Waals surface area contributed by atoms with Crippen molar-refractivity contribution in [1.82, 2.24) is 9.55 Å². The Bertz CT molecular complexity index is 1260. The van der Waals surface area contributed by atoms with Crippen molar-refractivity contribution in [2.45, 2.75) is 6.92 Å². The molecule has 0 amide bonds. The fourth-order valence-corrected chi connectivity index (χ4v) is 3.07. The number of carbonyl (C=O) groups excluding carboxylic acids is 1. The van der Waals surface area contributed by atoms with Gasteiger partial charge >= 0.3 is 5.69 Å². The third-order valence-electron chi connectivity index (χ3n) is 4.43. The minimum atomic E-state index is -0.310. The molecule has 0 aliphatic heterocycles. The zero-order valence-corrected chi connectivity index (χ0v) is 16.3. The number of carbonyl (C=O) groups is 1. The van der Waals surface area contributed by atoms with E-state index in [-0.39, 0.29) is 11.5 Å². The SMILES string of the molecule is Cc1ccc(-c2cn(-c3cccc(C(=O)C=Cc4ccc(Cl)cc4)c3)c(=O)[nH]2)o1. The minimum Gasteiger partial charge on any atom is -0.460 e. The molecular weight excluding hydrogens is 388 g/mol. The van der Waals surface area contributed by atoms with Gasteiger partial charge in [0.15, 0.2) is 11.5 Å². The molecule has 0 atom stereocenters. The fraction of sp³-hybridized carbons (Fsp3) is 0.0435. The van der Waals surface area contributed by atoms with Crippen LogP contribution < -0.4 is 5.69 Å². The standard InChI is InChI=1S/C23H17ClN2O3/c1-15-5-12-22(29-15)20-14-26(23(28)25-20)19-4-2-3-17(13-19)21(27)11-8-16-6-9-18(24)10-7-16/h2-14H,1H3,(H,25,28). The summed E-state index contributed by atoms with van der Waals surface area (Å²) in [6, 6.07) is 17.7. The van der Waals surface area contributed by atoms with Gasteiger partial charge in [0.1, 0.15) is 11.5 Å². The number of rotatable bonds is 5. The average molecular weight is 405 g/mol. The maximum Gasteiger partial charge on any atom is 0.330 e. The van der Waals surface area contributed by atoms with Crippen LogP contribution in [0.2, 0.25) is 5.02 Å². The van der Waals surface area contributed by atoms with Crippen LogP contribution in [0.15, 0.2) is 82.1 Å².